The molecule has 1 aromatic heterocycles. The summed E-state index contributed by atoms with van der Waals surface area (Å²) in [4.78, 5) is 0. The van der Waals surface area contributed by atoms with Crippen molar-refractivity contribution in [3.8, 4) is 6.07 Å². The van der Waals surface area contributed by atoms with E-state index in [2.05, 4.69) is 31.2 Å². The van der Waals surface area contributed by atoms with E-state index in [0.29, 0.717) is 0 Å². The Labute approximate surface area is 83.4 Å². The largest absolute Gasteiger partial charge is 0.335 e. The molecule has 0 spiro atoms. The third-order valence-corrected chi connectivity index (χ3v) is 2.72. The first-order valence-corrected chi connectivity index (χ1v) is 4.61. The number of rotatable bonds is 0. The molecule has 0 bridgehead atoms. The molecule has 14 heavy (non-hydrogen) atoms. The Morgan fingerprint density at radius 3 is 2.64 bits per heavy atom. The van der Waals surface area contributed by atoms with Crippen LogP contribution in [-0.4, -0.2) is 4.57 Å². The Morgan fingerprint density at radius 1 is 1.29 bits per heavy atom. The van der Waals surface area contributed by atoms with E-state index in [-0.39, 0.29) is 0 Å². The number of aryl methyl sites for hydroxylation is 3. The first-order chi connectivity index (χ1) is 6.65. The molecule has 0 saturated heterocycles. The molecule has 0 saturated carbocycles. The van der Waals surface area contributed by atoms with Crippen LogP contribution in [0.2, 0.25) is 0 Å². The summed E-state index contributed by atoms with van der Waals surface area (Å²) < 4.78 is 1.96. The van der Waals surface area contributed by atoms with E-state index in [1.807, 2.05) is 18.5 Å². The first kappa shape index (κ1) is 8.83. The Balaban J connectivity index is 2.96. The number of hydrogen-bond donors (Lipinski definition) is 0. The molecule has 0 aliphatic carbocycles. The molecule has 0 aliphatic heterocycles. The van der Waals surface area contributed by atoms with Crippen LogP contribution in [0, 0.1) is 25.2 Å². The van der Waals surface area contributed by atoms with Crippen LogP contribution in [-0.2, 0) is 7.05 Å². The van der Waals surface area contributed by atoms with Crippen LogP contribution in [0.1, 0.15) is 16.8 Å². The lowest BCUT2D eigenvalue weighted by Crippen LogP contribution is -1.91. The van der Waals surface area contributed by atoms with Crippen molar-refractivity contribution < 1.29 is 0 Å². The fourth-order valence-corrected chi connectivity index (χ4v) is 1.89. The van der Waals surface area contributed by atoms with Gasteiger partial charge >= 0.3 is 0 Å². The average molecular weight is 184 g/mol. The first-order valence-electron chi connectivity index (χ1n) is 4.61. The highest BCUT2D eigenvalue weighted by Crippen LogP contribution is 2.24. The number of hydrogen-bond acceptors (Lipinski definition) is 1. The molecule has 2 aromatic rings. The third-order valence-electron chi connectivity index (χ3n) is 2.72. The fraction of sp³-hybridized carbons (Fsp3) is 0.250. The van der Waals surface area contributed by atoms with Crippen LogP contribution >= 0.6 is 0 Å². The Bertz CT molecular complexity index is 541. The van der Waals surface area contributed by atoms with Gasteiger partial charge in [-0.1, -0.05) is 12.1 Å². The highest BCUT2D eigenvalue weighted by molar-refractivity contribution is 5.86. The SMILES string of the molecule is Cc1ccc2c(C)c(C#N)n(C)c2c1. The monoisotopic (exact) mass is 184 g/mol. The number of nitriles is 1. The van der Waals surface area contributed by atoms with Gasteiger partial charge in [-0.3, -0.25) is 0 Å². The number of fused-ring (bicyclic) bond motifs is 1. The van der Waals surface area contributed by atoms with Crippen molar-refractivity contribution >= 4 is 10.9 Å². The summed E-state index contributed by atoms with van der Waals surface area (Å²) >= 11 is 0. The van der Waals surface area contributed by atoms with Crippen molar-refractivity contribution in [3.63, 3.8) is 0 Å². The van der Waals surface area contributed by atoms with Gasteiger partial charge in [-0.15, -0.1) is 0 Å². The van der Waals surface area contributed by atoms with Gasteiger partial charge in [0.2, 0.25) is 0 Å². The van der Waals surface area contributed by atoms with Gasteiger partial charge in [0.05, 0.1) is 0 Å². The smallest absolute Gasteiger partial charge is 0.123 e. The maximum absolute atomic E-state index is 9.00. The molecular weight excluding hydrogens is 172 g/mol. The number of aromatic nitrogens is 1. The number of nitrogens with zero attached hydrogens (tertiary/aromatic N) is 2. The Morgan fingerprint density at radius 2 is 2.00 bits per heavy atom. The summed E-state index contributed by atoms with van der Waals surface area (Å²) in [5.41, 5.74) is 4.19. The third kappa shape index (κ3) is 1.03. The molecule has 2 heteroatoms. The highest BCUT2D eigenvalue weighted by Gasteiger charge is 2.10. The molecule has 1 aromatic carbocycles. The standard InChI is InChI=1S/C12H12N2/c1-8-4-5-10-9(2)12(7-13)14(3)11(10)6-8/h4-6H,1-3H3. The Hall–Kier alpha value is -1.75. The van der Waals surface area contributed by atoms with Gasteiger partial charge in [-0.25, -0.2) is 0 Å². The lowest BCUT2D eigenvalue weighted by molar-refractivity contribution is 0.940. The minimum absolute atomic E-state index is 0.755. The van der Waals surface area contributed by atoms with Gasteiger partial charge in [-0.2, -0.15) is 5.26 Å². The van der Waals surface area contributed by atoms with Crippen LogP contribution in [0.15, 0.2) is 18.2 Å². The van der Waals surface area contributed by atoms with E-state index in [1.165, 1.54) is 10.9 Å². The molecule has 0 amide bonds. The van der Waals surface area contributed by atoms with Crippen LogP contribution in [0.4, 0.5) is 0 Å². The average Bonchev–Trinajstić information content (AvgIpc) is 2.39. The van der Waals surface area contributed by atoms with Crippen molar-refractivity contribution in [3.05, 3.63) is 35.0 Å². The van der Waals surface area contributed by atoms with E-state index < -0.39 is 0 Å². The highest BCUT2D eigenvalue weighted by atomic mass is 14.9. The van der Waals surface area contributed by atoms with E-state index in [9.17, 15) is 0 Å². The van der Waals surface area contributed by atoms with E-state index in [4.69, 9.17) is 5.26 Å². The van der Waals surface area contributed by atoms with Gasteiger partial charge in [-0.05, 0) is 31.0 Å². The zero-order valence-corrected chi connectivity index (χ0v) is 8.63. The second-order valence-electron chi connectivity index (χ2n) is 3.67. The predicted octanol–water partition coefficient (Wildman–Crippen LogP) is 2.67. The lowest BCUT2D eigenvalue weighted by atomic mass is 10.1. The van der Waals surface area contributed by atoms with Gasteiger partial charge in [0.1, 0.15) is 11.8 Å². The van der Waals surface area contributed by atoms with Gasteiger partial charge in [0.25, 0.3) is 0 Å². The minimum Gasteiger partial charge on any atom is -0.335 e. The van der Waals surface area contributed by atoms with E-state index in [0.717, 1.165) is 16.8 Å². The second kappa shape index (κ2) is 2.88. The van der Waals surface area contributed by atoms with Crippen LogP contribution in [0.3, 0.4) is 0 Å². The van der Waals surface area contributed by atoms with Gasteiger partial charge in [0, 0.05) is 18.0 Å². The molecule has 0 fully saturated rings. The number of benzene rings is 1. The van der Waals surface area contributed by atoms with Crippen molar-refractivity contribution in [1.82, 2.24) is 4.57 Å². The quantitative estimate of drug-likeness (QED) is 0.618. The normalized spacial score (nSPS) is 10.4. The zero-order chi connectivity index (χ0) is 10.3. The van der Waals surface area contributed by atoms with Gasteiger partial charge in [0.15, 0.2) is 0 Å². The van der Waals surface area contributed by atoms with Crippen molar-refractivity contribution in [2.24, 2.45) is 7.05 Å². The fourth-order valence-electron chi connectivity index (χ4n) is 1.89. The summed E-state index contributed by atoms with van der Waals surface area (Å²) in [7, 11) is 1.94. The summed E-state index contributed by atoms with van der Waals surface area (Å²) in [6.07, 6.45) is 0. The predicted molar refractivity (Wildman–Crippen MR) is 57.1 cm³/mol. The summed E-state index contributed by atoms with van der Waals surface area (Å²) in [6, 6.07) is 8.51. The lowest BCUT2D eigenvalue weighted by Gasteiger charge is -1.97. The summed E-state index contributed by atoms with van der Waals surface area (Å²) in [5, 5.41) is 10.2. The molecule has 0 unspecified atom stereocenters. The minimum atomic E-state index is 0.755. The molecule has 1 heterocycles. The van der Waals surface area contributed by atoms with Crippen molar-refractivity contribution in [2.45, 2.75) is 13.8 Å². The van der Waals surface area contributed by atoms with Crippen LogP contribution in [0.5, 0.6) is 0 Å². The van der Waals surface area contributed by atoms with Crippen LogP contribution < -0.4 is 0 Å². The van der Waals surface area contributed by atoms with Crippen molar-refractivity contribution in [2.75, 3.05) is 0 Å². The summed E-state index contributed by atoms with van der Waals surface area (Å²) in [5.74, 6) is 0. The molecular formula is C12H12N2. The Kier molecular flexibility index (Phi) is 1.82. The van der Waals surface area contributed by atoms with Crippen molar-refractivity contribution in [1.29, 1.82) is 5.26 Å². The second-order valence-corrected chi connectivity index (χ2v) is 3.67. The molecule has 0 atom stereocenters. The molecule has 2 nitrogen and oxygen atoms in total. The van der Waals surface area contributed by atoms with E-state index in [1.54, 1.807) is 0 Å². The molecule has 0 radical (unpaired) electrons. The molecule has 70 valence electrons. The van der Waals surface area contributed by atoms with Gasteiger partial charge < -0.3 is 4.57 Å². The molecule has 2 rings (SSSR count). The topological polar surface area (TPSA) is 28.7 Å². The molecule has 0 aliphatic rings. The maximum Gasteiger partial charge on any atom is 0.123 e. The summed E-state index contributed by atoms with van der Waals surface area (Å²) in [6.45, 7) is 4.06. The molecule has 0 N–H and O–H groups in total. The maximum atomic E-state index is 9.00. The van der Waals surface area contributed by atoms with Crippen LogP contribution in [0.25, 0.3) is 10.9 Å². The van der Waals surface area contributed by atoms with E-state index >= 15 is 0 Å². The zero-order valence-electron chi connectivity index (χ0n) is 8.63.